The molecule has 0 aliphatic carbocycles. The van der Waals surface area contributed by atoms with E-state index >= 15 is 0 Å². The Kier molecular flexibility index (Phi) is 4.70. The van der Waals surface area contributed by atoms with E-state index in [0.717, 1.165) is 29.7 Å². The Morgan fingerprint density at radius 2 is 1.89 bits per heavy atom. The molecule has 2 aromatic rings. The van der Waals surface area contributed by atoms with Crippen molar-refractivity contribution in [2.45, 2.75) is 24.8 Å². The van der Waals surface area contributed by atoms with E-state index in [1.807, 2.05) is 29.2 Å². The quantitative estimate of drug-likeness (QED) is 0.822. The average molecular weight is 383 g/mol. The van der Waals surface area contributed by atoms with Gasteiger partial charge >= 0.3 is 0 Å². The van der Waals surface area contributed by atoms with E-state index in [0.29, 0.717) is 36.8 Å². The van der Waals surface area contributed by atoms with Gasteiger partial charge in [-0.2, -0.15) is 0 Å². The van der Waals surface area contributed by atoms with Crippen LogP contribution in [0.2, 0.25) is 5.02 Å². The summed E-state index contributed by atoms with van der Waals surface area (Å²) in [7, 11) is 0. The molecule has 2 heterocycles. The van der Waals surface area contributed by atoms with Crippen molar-refractivity contribution in [3.63, 3.8) is 0 Å². The Bertz CT molecular complexity index is 884. The SMILES string of the molecule is C=C(C(=O)N1CCC2(CC1)COc1ccc(CN)cc12)c1ccc(Cl)cc1. The fraction of sp³-hybridized carbons (Fsp3) is 0.318. The predicted octanol–water partition coefficient (Wildman–Crippen LogP) is 3.76. The number of ether oxygens (including phenoxy) is 1. The maximum absolute atomic E-state index is 12.9. The summed E-state index contributed by atoms with van der Waals surface area (Å²) in [5, 5.41) is 0.649. The van der Waals surface area contributed by atoms with Crippen molar-refractivity contribution in [3.8, 4) is 5.75 Å². The fourth-order valence-corrected chi connectivity index (χ4v) is 4.18. The van der Waals surface area contributed by atoms with Gasteiger partial charge in [0, 0.05) is 41.2 Å². The summed E-state index contributed by atoms with van der Waals surface area (Å²) in [5.74, 6) is 0.944. The lowest BCUT2D eigenvalue weighted by atomic mass is 9.74. The van der Waals surface area contributed by atoms with E-state index in [4.69, 9.17) is 22.1 Å². The number of benzene rings is 2. The third kappa shape index (κ3) is 3.24. The van der Waals surface area contributed by atoms with Gasteiger partial charge < -0.3 is 15.4 Å². The highest BCUT2D eigenvalue weighted by Crippen LogP contribution is 2.46. The van der Waals surface area contributed by atoms with E-state index in [1.54, 1.807) is 12.1 Å². The summed E-state index contributed by atoms with van der Waals surface area (Å²) in [6.07, 6.45) is 1.77. The van der Waals surface area contributed by atoms with Gasteiger partial charge in [0.15, 0.2) is 0 Å². The number of piperidine rings is 1. The first kappa shape index (κ1) is 18.1. The fourth-order valence-electron chi connectivity index (χ4n) is 4.05. The van der Waals surface area contributed by atoms with Crippen LogP contribution in [0.5, 0.6) is 5.75 Å². The topological polar surface area (TPSA) is 55.6 Å². The maximum Gasteiger partial charge on any atom is 0.253 e. The number of carbonyl (C=O) groups excluding carboxylic acids is 1. The molecular formula is C22H23ClN2O2. The normalized spacial score (nSPS) is 17.5. The highest BCUT2D eigenvalue weighted by atomic mass is 35.5. The smallest absolute Gasteiger partial charge is 0.253 e. The number of fused-ring (bicyclic) bond motifs is 2. The second-order valence-corrected chi connectivity index (χ2v) is 7.82. The first-order chi connectivity index (χ1) is 13.0. The van der Waals surface area contributed by atoms with Gasteiger partial charge in [-0.3, -0.25) is 4.79 Å². The first-order valence-electron chi connectivity index (χ1n) is 9.23. The predicted molar refractivity (Wildman–Crippen MR) is 108 cm³/mol. The molecular weight excluding hydrogens is 360 g/mol. The van der Waals surface area contributed by atoms with Crippen LogP contribution in [0.15, 0.2) is 49.0 Å². The van der Waals surface area contributed by atoms with E-state index < -0.39 is 0 Å². The van der Waals surface area contributed by atoms with Crippen molar-refractivity contribution in [2.24, 2.45) is 5.73 Å². The van der Waals surface area contributed by atoms with Gasteiger partial charge in [-0.05, 0) is 42.2 Å². The molecule has 4 nitrogen and oxygen atoms in total. The van der Waals surface area contributed by atoms with Crippen molar-refractivity contribution in [1.29, 1.82) is 0 Å². The lowest BCUT2D eigenvalue weighted by Crippen LogP contribution is -2.46. The zero-order valence-electron chi connectivity index (χ0n) is 15.2. The average Bonchev–Trinajstić information content (AvgIpc) is 3.05. The lowest BCUT2D eigenvalue weighted by Gasteiger charge is -2.39. The zero-order valence-corrected chi connectivity index (χ0v) is 16.0. The number of hydrogen-bond donors (Lipinski definition) is 1. The summed E-state index contributed by atoms with van der Waals surface area (Å²) >= 11 is 5.93. The van der Waals surface area contributed by atoms with Crippen LogP contribution in [0.1, 0.15) is 29.5 Å². The van der Waals surface area contributed by atoms with Crippen molar-refractivity contribution in [1.82, 2.24) is 4.90 Å². The van der Waals surface area contributed by atoms with Gasteiger partial charge in [0.05, 0.1) is 6.61 Å². The molecule has 140 valence electrons. The zero-order chi connectivity index (χ0) is 19.0. The van der Waals surface area contributed by atoms with Crippen LogP contribution in [0.3, 0.4) is 0 Å². The van der Waals surface area contributed by atoms with Crippen LogP contribution >= 0.6 is 11.6 Å². The Labute approximate surface area is 164 Å². The highest BCUT2D eigenvalue weighted by Gasteiger charge is 2.44. The summed E-state index contributed by atoms with van der Waals surface area (Å²) in [6, 6.07) is 13.4. The Morgan fingerprint density at radius 3 is 2.56 bits per heavy atom. The number of hydrogen-bond acceptors (Lipinski definition) is 3. The molecule has 0 bridgehead atoms. The first-order valence-corrected chi connectivity index (χ1v) is 9.61. The van der Waals surface area contributed by atoms with Crippen LogP contribution in [0, 0.1) is 0 Å². The Hall–Kier alpha value is -2.30. The molecule has 0 unspecified atom stereocenters. The number of amides is 1. The molecule has 2 aliphatic heterocycles. The summed E-state index contributed by atoms with van der Waals surface area (Å²) in [4.78, 5) is 14.8. The van der Waals surface area contributed by atoms with Crippen molar-refractivity contribution >= 4 is 23.1 Å². The molecule has 2 N–H and O–H groups in total. The van der Waals surface area contributed by atoms with Crippen molar-refractivity contribution < 1.29 is 9.53 Å². The number of nitrogens with two attached hydrogens (primary N) is 1. The number of rotatable bonds is 3. The minimum atomic E-state index is -0.0150. The van der Waals surface area contributed by atoms with Crippen molar-refractivity contribution in [3.05, 3.63) is 70.8 Å². The van der Waals surface area contributed by atoms with Gasteiger partial charge in [0.2, 0.25) is 0 Å². The van der Waals surface area contributed by atoms with Crippen LogP contribution in [0.25, 0.3) is 5.57 Å². The minimum Gasteiger partial charge on any atom is -0.492 e. The minimum absolute atomic E-state index is 0.0120. The van der Waals surface area contributed by atoms with Gasteiger partial charge in [-0.15, -0.1) is 0 Å². The maximum atomic E-state index is 12.9. The number of carbonyl (C=O) groups is 1. The summed E-state index contributed by atoms with van der Waals surface area (Å²) in [5.41, 5.74) is 9.48. The van der Waals surface area contributed by atoms with Gasteiger partial charge in [-0.25, -0.2) is 0 Å². The van der Waals surface area contributed by atoms with E-state index in [-0.39, 0.29) is 11.3 Å². The number of likely N-dealkylation sites (tertiary alicyclic amines) is 1. The molecule has 5 heteroatoms. The van der Waals surface area contributed by atoms with Crippen LogP contribution in [0.4, 0.5) is 0 Å². The molecule has 2 aliphatic rings. The van der Waals surface area contributed by atoms with E-state index in [1.165, 1.54) is 5.56 Å². The molecule has 4 rings (SSSR count). The van der Waals surface area contributed by atoms with E-state index in [2.05, 4.69) is 12.6 Å². The molecule has 0 atom stereocenters. The second-order valence-electron chi connectivity index (χ2n) is 7.38. The van der Waals surface area contributed by atoms with Gasteiger partial charge in [0.1, 0.15) is 5.75 Å². The Morgan fingerprint density at radius 1 is 1.19 bits per heavy atom. The third-order valence-corrected chi connectivity index (χ3v) is 6.07. The summed E-state index contributed by atoms with van der Waals surface area (Å²) in [6.45, 7) is 6.60. The summed E-state index contributed by atoms with van der Waals surface area (Å²) < 4.78 is 5.94. The van der Waals surface area contributed by atoms with Crippen LogP contribution < -0.4 is 10.5 Å². The molecule has 0 radical (unpaired) electrons. The van der Waals surface area contributed by atoms with Crippen molar-refractivity contribution in [2.75, 3.05) is 19.7 Å². The number of nitrogens with zero attached hydrogens (tertiary/aromatic N) is 1. The second kappa shape index (κ2) is 7.02. The molecule has 1 amide bonds. The monoisotopic (exact) mass is 382 g/mol. The standard InChI is InChI=1S/C22H23ClN2O2/c1-15(17-3-5-18(23)6-4-17)21(26)25-10-8-22(9-11-25)14-27-20-7-2-16(13-24)12-19(20)22/h2-7,12H,1,8-11,13-14,24H2. The molecule has 27 heavy (non-hydrogen) atoms. The lowest BCUT2D eigenvalue weighted by molar-refractivity contribution is -0.126. The van der Waals surface area contributed by atoms with E-state index in [9.17, 15) is 4.79 Å². The molecule has 0 aromatic heterocycles. The molecule has 1 saturated heterocycles. The van der Waals surface area contributed by atoms with Gasteiger partial charge in [0.25, 0.3) is 5.91 Å². The van der Waals surface area contributed by atoms with Gasteiger partial charge in [-0.1, -0.05) is 42.4 Å². The third-order valence-electron chi connectivity index (χ3n) is 5.81. The number of halogens is 1. The molecule has 0 saturated carbocycles. The van der Waals surface area contributed by atoms with Crippen LogP contribution in [-0.2, 0) is 16.8 Å². The van der Waals surface area contributed by atoms with Crippen LogP contribution in [-0.4, -0.2) is 30.5 Å². The molecule has 1 fully saturated rings. The molecule has 2 aromatic carbocycles. The Balaban J connectivity index is 1.48. The largest absolute Gasteiger partial charge is 0.492 e. The highest BCUT2D eigenvalue weighted by molar-refractivity contribution is 6.30. The molecule has 1 spiro atoms.